The van der Waals surface area contributed by atoms with Crippen LogP contribution in [0.3, 0.4) is 0 Å². The number of carbonyl (C=O) groups is 1. The average Bonchev–Trinajstić information content (AvgIpc) is 2.68. The van der Waals surface area contributed by atoms with Crippen molar-refractivity contribution in [3.63, 3.8) is 0 Å². The Labute approximate surface area is 167 Å². The standard InChI is InChI=1S/C17H20ClN5O4S/c18-14-11-21-17(23-7-9-27-10-8-23)22-15(14)16(24)20-6-5-12-1-3-13(4-2-12)28(19,25)26/h1-4,11H,5-10H2,(H,20,24)(H2,19,25,26). The molecule has 2 heterocycles. The fourth-order valence-electron chi connectivity index (χ4n) is 2.68. The molecule has 150 valence electrons. The van der Waals surface area contributed by atoms with Crippen molar-refractivity contribution in [3.8, 4) is 0 Å². The van der Waals surface area contributed by atoms with E-state index in [1.54, 1.807) is 12.1 Å². The van der Waals surface area contributed by atoms with Crippen LogP contribution in [-0.4, -0.2) is 57.1 Å². The van der Waals surface area contributed by atoms with Gasteiger partial charge in [-0.15, -0.1) is 0 Å². The Morgan fingerprint density at radius 2 is 1.93 bits per heavy atom. The van der Waals surface area contributed by atoms with Crippen LogP contribution in [0.15, 0.2) is 35.4 Å². The number of ether oxygens (including phenoxy) is 1. The van der Waals surface area contributed by atoms with Crippen molar-refractivity contribution in [2.45, 2.75) is 11.3 Å². The van der Waals surface area contributed by atoms with E-state index in [4.69, 9.17) is 21.5 Å². The van der Waals surface area contributed by atoms with E-state index in [2.05, 4.69) is 15.3 Å². The van der Waals surface area contributed by atoms with Gasteiger partial charge in [0, 0.05) is 19.6 Å². The van der Waals surface area contributed by atoms with Crippen molar-refractivity contribution in [1.82, 2.24) is 15.3 Å². The molecule has 0 unspecified atom stereocenters. The first kappa shape index (κ1) is 20.5. The smallest absolute Gasteiger partial charge is 0.271 e. The second-order valence-electron chi connectivity index (χ2n) is 6.16. The van der Waals surface area contributed by atoms with Crippen LogP contribution in [0.4, 0.5) is 5.95 Å². The lowest BCUT2D eigenvalue weighted by Crippen LogP contribution is -2.38. The van der Waals surface area contributed by atoms with Crippen LogP contribution in [0.1, 0.15) is 16.1 Å². The first-order valence-corrected chi connectivity index (χ1v) is 10.5. The molecule has 0 atom stereocenters. The summed E-state index contributed by atoms with van der Waals surface area (Å²) in [5, 5.41) is 8.01. The number of hydrogen-bond donors (Lipinski definition) is 2. The van der Waals surface area contributed by atoms with Gasteiger partial charge in [-0.1, -0.05) is 23.7 Å². The summed E-state index contributed by atoms with van der Waals surface area (Å²) >= 11 is 6.09. The number of carbonyl (C=O) groups excluding carboxylic acids is 1. The number of amides is 1. The van der Waals surface area contributed by atoms with Crippen molar-refractivity contribution < 1.29 is 17.9 Å². The minimum Gasteiger partial charge on any atom is -0.378 e. The van der Waals surface area contributed by atoms with Crippen LogP contribution in [-0.2, 0) is 21.2 Å². The Balaban J connectivity index is 1.60. The minimum atomic E-state index is -3.72. The SMILES string of the molecule is NS(=O)(=O)c1ccc(CCNC(=O)c2nc(N3CCOCC3)ncc2Cl)cc1. The van der Waals surface area contributed by atoms with Crippen molar-refractivity contribution in [3.05, 3.63) is 46.7 Å². The highest BCUT2D eigenvalue weighted by atomic mass is 35.5. The molecule has 0 bridgehead atoms. The second kappa shape index (κ2) is 8.82. The van der Waals surface area contributed by atoms with Gasteiger partial charge in [-0.25, -0.2) is 23.5 Å². The molecule has 3 rings (SSSR count). The Morgan fingerprint density at radius 3 is 2.57 bits per heavy atom. The summed E-state index contributed by atoms with van der Waals surface area (Å²) in [6.07, 6.45) is 1.93. The normalized spacial score (nSPS) is 14.7. The lowest BCUT2D eigenvalue weighted by Gasteiger charge is -2.26. The molecule has 1 saturated heterocycles. The Kier molecular flexibility index (Phi) is 6.45. The maximum absolute atomic E-state index is 12.5. The molecule has 11 heteroatoms. The van der Waals surface area contributed by atoms with Gasteiger partial charge in [-0.3, -0.25) is 4.79 Å². The minimum absolute atomic E-state index is 0.0451. The van der Waals surface area contributed by atoms with Crippen LogP contribution < -0.4 is 15.4 Å². The maximum atomic E-state index is 12.5. The molecule has 0 aliphatic carbocycles. The second-order valence-corrected chi connectivity index (χ2v) is 8.13. The fraction of sp³-hybridized carbons (Fsp3) is 0.353. The van der Waals surface area contributed by atoms with Gasteiger partial charge in [0.15, 0.2) is 5.69 Å². The number of sulfonamides is 1. The van der Waals surface area contributed by atoms with Crippen molar-refractivity contribution in [2.75, 3.05) is 37.7 Å². The van der Waals surface area contributed by atoms with Crippen LogP contribution in [0.2, 0.25) is 5.02 Å². The molecular weight excluding hydrogens is 406 g/mol. The molecule has 9 nitrogen and oxygen atoms in total. The number of nitrogens with zero attached hydrogens (tertiary/aromatic N) is 3. The Morgan fingerprint density at radius 1 is 1.25 bits per heavy atom. The summed E-state index contributed by atoms with van der Waals surface area (Å²) in [7, 11) is -3.72. The molecule has 1 aliphatic rings. The molecule has 1 aliphatic heterocycles. The van der Waals surface area contributed by atoms with Gasteiger partial charge < -0.3 is 15.0 Å². The Bertz CT molecular complexity index is 947. The van der Waals surface area contributed by atoms with Crippen molar-refractivity contribution in [2.24, 2.45) is 5.14 Å². The van der Waals surface area contributed by atoms with Crippen molar-refractivity contribution >= 4 is 33.5 Å². The monoisotopic (exact) mass is 425 g/mol. The van der Waals surface area contributed by atoms with Gasteiger partial charge >= 0.3 is 0 Å². The molecule has 3 N–H and O–H groups in total. The summed E-state index contributed by atoms with van der Waals surface area (Å²) in [4.78, 5) is 22.9. The number of rotatable bonds is 6. The van der Waals surface area contributed by atoms with E-state index in [1.807, 2.05) is 4.90 Å². The predicted octanol–water partition coefficient (Wildman–Crippen LogP) is 0.586. The molecule has 28 heavy (non-hydrogen) atoms. The summed E-state index contributed by atoms with van der Waals surface area (Å²) < 4.78 is 27.8. The molecule has 0 radical (unpaired) electrons. The largest absolute Gasteiger partial charge is 0.378 e. The number of nitrogens with two attached hydrogens (primary N) is 1. The highest BCUT2D eigenvalue weighted by Gasteiger charge is 2.19. The number of benzene rings is 1. The zero-order valence-electron chi connectivity index (χ0n) is 15.0. The fourth-order valence-corrected chi connectivity index (χ4v) is 3.37. The first-order chi connectivity index (χ1) is 13.3. The quantitative estimate of drug-likeness (QED) is 0.693. The van der Waals surface area contributed by atoms with Crippen molar-refractivity contribution in [1.29, 1.82) is 0 Å². The van der Waals surface area contributed by atoms with Gasteiger partial charge in [0.25, 0.3) is 5.91 Å². The van der Waals surface area contributed by atoms with Gasteiger partial charge in [-0.2, -0.15) is 0 Å². The molecule has 0 spiro atoms. The third-order valence-corrected chi connectivity index (χ3v) is 5.40. The highest BCUT2D eigenvalue weighted by Crippen LogP contribution is 2.17. The molecule has 2 aromatic rings. The number of nitrogens with one attached hydrogen (secondary N) is 1. The summed E-state index contributed by atoms with van der Waals surface area (Å²) in [6, 6.07) is 6.17. The van der Waals surface area contributed by atoms with Gasteiger partial charge in [0.05, 0.1) is 29.3 Å². The highest BCUT2D eigenvalue weighted by molar-refractivity contribution is 7.89. The number of hydrogen-bond acceptors (Lipinski definition) is 7. The summed E-state index contributed by atoms with van der Waals surface area (Å²) in [5.41, 5.74) is 0.971. The number of primary sulfonamides is 1. The molecule has 1 fully saturated rings. The zero-order valence-corrected chi connectivity index (χ0v) is 16.5. The van der Waals surface area contributed by atoms with E-state index in [0.29, 0.717) is 45.2 Å². The summed E-state index contributed by atoms with van der Waals surface area (Å²) in [5.74, 6) is 0.0412. The first-order valence-electron chi connectivity index (χ1n) is 8.60. The molecule has 0 saturated carbocycles. The van der Waals surface area contributed by atoms with Crippen LogP contribution in [0.5, 0.6) is 0 Å². The summed E-state index contributed by atoms with van der Waals surface area (Å²) in [6.45, 7) is 2.80. The third kappa shape index (κ3) is 5.16. The van der Waals surface area contributed by atoms with E-state index in [-0.39, 0.29) is 15.6 Å². The number of morpholine rings is 1. The Hall–Kier alpha value is -2.27. The van der Waals surface area contributed by atoms with Gasteiger partial charge in [0.1, 0.15) is 0 Å². The van der Waals surface area contributed by atoms with Crippen LogP contribution in [0.25, 0.3) is 0 Å². The number of anilines is 1. The van der Waals surface area contributed by atoms with Crippen LogP contribution in [0, 0.1) is 0 Å². The number of aromatic nitrogens is 2. The van der Waals surface area contributed by atoms with E-state index >= 15 is 0 Å². The number of halogens is 1. The van der Waals surface area contributed by atoms with E-state index in [9.17, 15) is 13.2 Å². The predicted molar refractivity (Wildman–Crippen MR) is 104 cm³/mol. The topological polar surface area (TPSA) is 128 Å². The zero-order chi connectivity index (χ0) is 20.1. The molecule has 1 aromatic heterocycles. The lowest BCUT2D eigenvalue weighted by molar-refractivity contribution is 0.0949. The van der Waals surface area contributed by atoms with E-state index in [0.717, 1.165) is 5.56 Å². The molecule has 1 amide bonds. The maximum Gasteiger partial charge on any atom is 0.271 e. The van der Waals surface area contributed by atoms with Gasteiger partial charge in [0.2, 0.25) is 16.0 Å². The third-order valence-electron chi connectivity index (χ3n) is 4.19. The van der Waals surface area contributed by atoms with Crippen LogP contribution >= 0.6 is 11.6 Å². The van der Waals surface area contributed by atoms with E-state index in [1.165, 1.54) is 18.3 Å². The van der Waals surface area contributed by atoms with Gasteiger partial charge in [-0.05, 0) is 24.1 Å². The average molecular weight is 426 g/mol. The molecule has 1 aromatic carbocycles. The lowest BCUT2D eigenvalue weighted by atomic mass is 10.1. The van der Waals surface area contributed by atoms with E-state index < -0.39 is 15.9 Å². The molecular formula is C17H20ClN5O4S.